The third-order valence-electron chi connectivity index (χ3n) is 8.05. The normalized spacial score (nSPS) is 14.1. The van der Waals surface area contributed by atoms with Gasteiger partial charge in [-0.05, 0) is 99.8 Å². The van der Waals surface area contributed by atoms with E-state index < -0.39 is 5.41 Å². The van der Waals surface area contributed by atoms with Crippen molar-refractivity contribution in [3.63, 3.8) is 0 Å². The standard InChI is InChI=1S/C34H42FN3/c1-8-26-21-25(22-27(9-2)36-26)34(5,18-19-38(6)7)32(28-16-13-14-23(4)33(28)35)29-20-24-15-11-12-17-31(24)37-30(29)10-3/h11-17,20-22,32H,8-10,18-19H2,1-7H3. The predicted molar refractivity (Wildman–Crippen MR) is 158 cm³/mol. The van der Waals surface area contributed by atoms with Gasteiger partial charge in [0.1, 0.15) is 5.82 Å². The molecule has 200 valence electrons. The van der Waals surface area contributed by atoms with Gasteiger partial charge < -0.3 is 4.90 Å². The van der Waals surface area contributed by atoms with Crippen LogP contribution in [0.5, 0.6) is 0 Å². The lowest BCUT2D eigenvalue weighted by Gasteiger charge is -2.41. The molecule has 0 saturated carbocycles. The van der Waals surface area contributed by atoms with Crippen LogP contribution >= 0.6 is 0 Å². The number of fused-ring (bicyclic) bond motifs is 1. The van der Waals surface area contributed by atoms with E-state index in [0.29, 0.717) is 5.56 Å². The molecule has 0 bridgehead atoms. The molecule has 0 fully saturated rings. The smallest absolute Gasteiger partial charge is 0.129 e. The van der Waals surface area contributed by atoms with Crippen LogP contribution in [-0.4, -0.2) is 35.5 Å². The number of hydrogen-bond donors (Lipinski definition) is 0. The van der Waals surface area contributed by atoms with Crippen molar-refractivity contribution in [2.24, 2.45) is 0 Å². The van der Waals surface area contributed by atoms with E-state index in [0.717, 1.165) is 71.3 Å². The molecular weight excluding hydrogens is 469 g/mol. The topological polar surface area (TPSA) is 29.0 Å². The molecule has 3 nitrogen and oxygen atoms in total. The van der Waals surface area contributed by atoms with Crippen LogP contribution in [-0.2, 0) is 24.7 Å². The molecule has 4 aromatic rings. The van der Waals surface area contributed by atoms with Gasteiger partial charge in [-0.3, -0.25) is 9.97 Å². The van der Waals surface area contributed by atoms with Crippen molar-refractivity contribution < 1.29 is 4.39 Å². The molecule has 38 heavy (non-hydrogen) atoms. The van der Waals surface area contributed by atoms with Gasteiger partial charge in [0.05, 0.1) is 5.52 Å². The van der Waals surface area contributed by atoms with Crippen LogP contribution in [0.3, 0.4) is 0 Å². The number of hydrogen-bond acceptors (Lipinski definition) is 3. The average Bonchev–Trinajstić information content (AvgIpc) is 2.93. The zero-order valence-corrected chi connectivity index (χ0v) is 24.1. The molecule has 0 radical (unpaired) electrons. The fourth-order valence-electron chi connectivity index (χ4n) is 5.71. The number of aromatic nitrogens is 2. The number of nitrogens with zero attached hydrogens (tertiary/aromatic N) is 3. The summed E-state index contributed by atoms with van der Waals surface area (Å²) in [6, 6.07) is 20.9. The minimum Gasteiger partial charge on any atom is -0.309 e. The van der Waals surface area contributed by atoms with Crippen LogP contribution in [0.25, 0.3) is 10.9 Å². The van der Waals surface area contributed by atoms with Gasteiger partial charge in [0.2, 0.25) is 0 Å². The first-order valence-corrected chi connectivity index (χ1v) is 14.0. The molecule has 2 atom stereocenters. The lowest BCUT2D eigenvalue weighted by Crippen LogP contribution is -2.36. The van der Waals surface area contributed by atoms with E-state index in [9.17, 15) is 0 Å². The molecule has 4 rings (SSSR count). The van der Waals surface area contributed by atoms with Gasteiger partial charge in [-0.25, -0.2) is 4.39 Å². The first kappa shape index (κ1) is 27.9. The van der Waals surface area contributed by atoms with Crippen LogP contribution in [0.4, 0.5) is 4.39 Å². The summed E-state index contributed by atoms with van der Waals surface area (Å²) in [5.41, 5.74) is 7.55. The third kappa shape index (κ3) is 5.51. The van der Waals surface area contributed by atoms with E-state index in [4.69, 9.17) is 9.97 Å². The van der Waals surface area contributed by atoms with Gasteiger partial charge in [0.15, 0.2) is 0 Å². The zero-order chi connectivity index (χ0) is 27.4. The summed E-state index contributed by atoms with van der Waals surface area (Å²) >= 11 is 0. The highest BCUT2D eigenvalue weighted by molar-refractivity contribution is 5.80. The van der Waals surface area contributed by atoms with Gasteiger partial charge in [-0.2, -0.15) is 0 Å². The summed E-state index contributed by atoms with van der Waals surface area (Å²) in [5, 5.41) is 1.09. The van der Waals surface area contributed by atoms with E-state index in [1.807, 2.05) is 31.2 Å². The van der Waals surface area contributed by atoms with Crippen LogP contribution in [0.15, 0.2) is 60.7 Å². The number of rotatable bonds is 10. The second-order valence-corrected chi connectivity index (χ2v) is 11.0. The van der Waals surface area contributed by atoms with Crippen LogP contribution < -0.4 is 0 Å². The fraction of sp³-hybridized carbons (Fsp3) is 0.412. The Hall–Kier alpha value is -3.11. The molecule has 0 N–H and O–H groups in total. The summed E-state index contributed by atoms with van der Waals surface area (Å²) in [6.07, 6.45) is 3.38. The molecule has 4 heteroatoms. The van der Waals surface area contributed by atoms with E-state index in [2.05, 4.69) is 83.1 Å². The summed E-state index contributed by atoms with van der Waals surface area (Å²) in [5.74, 6) is -0.338. The molecule has 2 aromatic heterocycles. The van der Waals surface area contributed by atoms with Crippen LogP contribution in [0.1, 0.15) is 79.4 Å². The van der Waals surface area contributed by atoms with Gasteiger partial charge in [0.25, 0.3) is 0 Å². The Kier molecular flexibility index (Phi) is 8.62. The Balaban J connectivity index is 2.10. The summed E-state index contributed by atoms with van der Waals surface area (Å²) in [6.45, 7) is 11.5. The van der Waals surface area contributed by atoms with E-state index in [1.54, 1.807) is 0 Å². The molecule has 2 aromatic carbocycles. The highest BCUT2D eigenvalue weighted by atomic mass is 19.1. The van der Waals surface area contributed by atoms with Crippen molar-refractivity contribution in [3.8, 4) is 0 Å². The average molecular weight is 512 g/mol. The number of pyridine rings is 2. The molecular formula is C34H42FN3. The lowest BCUT2D eigenvalue weighted by atomic mass is 9.63. The van der Waals surface area contributed by atoms with Crippen molar-refractivity contribution >= 4 is 10.9 Å². The van der Waals surface area contributed by atoms with Crippen molar-refractivity contribution in [1.82, 2.24) is 14.9 Å². The summed E-state index contributed by atoms with van der Waals surface area (Å²) in [7, 11) is 4.22. The Morgan fingerprint density at radius 3 is 2.16 bits per heavy atom. The maximum atomic E-state index is 16.2. The summed E-state index contributed by atoms with van der Waals surface area (Å²) < 4.78 is 16.2. The number of para-hydroxylation sites is 1. The van der Waals surface area contributed by atoms with Gasteiger partial charge >= 0.3 is 0 Å². The number of halogens is 1. The SMILES string of the molecule is CCc1cc(C(C)(CCN(C)C)C(c2cc3ccccc3nc2CC)c2cccc(C)c2F)cc(CC)n1. The first-order chi connectivity index (χ1) is 18.2. The minimum absolute atomic E-state index is 0.121. The maximum absolute atomic E-state index is 16.2. The van der Waals surface area contributed by atoms with E-state index >= 15 is 4.39 Å². The van der Waals surface area contributed by atoms with Crippen molar-refractivity contribution in [1.29, 1.82) is 0 Å². The van der Waals surface area contributed by atoms with Gasteiger partial charge in [-0.15, -0.1) is 0 Å². The van der Waals surface area contributed by atoms with E-state index in [-0.39, 0.29) is 11.7 Å². The number of benzene rings is 2. The second kappa shape index (κ2) is 11.7. The fourth-order valence-corrected chi connectivity index (χ4v) is 5.71. The summed E-state index contributed by atoms with van der Waals surface area (Å²) in [4.78, 5) is 12.2. The molecule has 0 saturated heterocycles. The molecule has 0 aliphatic rings. The molecule has 0 spiro atoms. The Morgan fingerprint density at radius 1 is 0.842 bits per heavy atom. The highest BCUT2D eigenvalue weighted by Gasteiger charge is 2.41. The Morgan fingerprint density at radius 2 is 1.53 bits per heavy atom. The molecule has 0 aliphatic heterocycles. The van der Waals surface area contributed by atoms with Crippen molar-refractivity contribution in [2.75, 3.05) is 20.6 Å². The van der Waals surface area contributed by atoms with Gasteiger partial charge in [-0.1, -0.05) is 64.1 Å². The third-order valence-corrected chi connectivity index (χ3v) is 8.05. The molecule has 2 unspecified atom stereocenters. The molecule has 0 aliphatic carbocycles. The molecule has 0 amide bonds. The Labute approximate surface area is 228 Å². The monoisotopic (exact) mass is 511 g/mol. The second-order valence-electron chi connectivity index (χ2n) is 11.0. The lowest BCUT2D eigenvalue weighted by molar-refractivity contribution is 0.302. The minimum atomic E-state index is -0.399. The highest BCUT2D eigenvalue weighted by Crippen LogP contribution is 2.48. The van der Waals surface area contributed by atoms with Gasteiger partial charge in [0, 0.05) is 33.8 Å². The largest absolute Gasteiger partial charge is 0.309 e. The Bertz CT molecular complexity index is 1390. The van der Waals surface area contributed by atoms with Crippen molar-refractivity contribution in [2.45, 2.75) is 71.6 Å². The predicted octanol–water partition coefficient (Wildman–Crippen LogP) is 7.81. The maximum Gasteiger partial charge on any atom is 0.129 e. The quantitative estimate of drug-likeness (QED) is 0.217. The van der Waals surface area contributed by atoms with Crippen LogP contribution in [0.2, 0.25) is 0 Å². The zero-order valence-electron chi connectivity index (χ0n) is 24.1. The van der Waals surface area contributed by atoms with E-state index in [1.165, 1.54) is 5.56 Å². The van der Waals surface area contributed by atoms with Crippen LogP contribution in [0, 0.1) is 12.7 Å². The number of aryl methyl sites for hydroxylation is 4. The molecule has 2 heterocycles. The first-order valence-electron chi connectivity index (χ1n) is 14.0. The van der Waals surface area contributed by atoms with Crippen molar-refractivity contribution in [3.05, 3.63) is 106 Å².